The number of carbonyl (C=O) groups is 3. The number of hydrogen-bond acceptors (Lipinski definition) is 4. The third kappa shape index (κ3) is 6.53. The molecule has 1 heterocycles. The van der Waals surface area contributed by atoms with Gasteiger partial charge in [0.1, 0.15) is 5.82 Å². The summed E-state index contributed by atoms with van der Waals surface area (Å²) in [5, 5.41) is 5.53. The second-order valence-electron chi connectivity index (χ2n) is 9.09. The van der Waals surface area contributed by atoms with Gasteiger partial charge in [-0.25, -0.2) is 9.18 Å². The lowest BCUT2D eigenvalue weighted by molar-refractivity contribution is -0.118. The average Bonchev–Trinajstić information content (AvgIpc) is 3.12. The lowest BCUT2D eigenvalue weighted by atomic mass is 10.1. The van der Waals surface area contributed by atoms with E-state index in [1.165, 1.54) is 12.1 Å². The summed E-state index contributed by atoms with van der Waals surface area (Å²) < 4.78 is 14.0. The van der Waals surface area contributed by atoms with Crippen molar-refractivity contribution in [2.45, 2.75) is 34.1 Å². The second-order valence-corrected chi connectivity index (χ2v) is 9.09. The Kier molecular flexibility index (Phi) is 9.27. The quantitative estimate of drug-likeness (QED) is 0.583. The third-order valence-electron chi connectivity index (χ3n) is 6.31. The van der Waals surface area contributed by atoms with Crippen LogP contribution >= 0.6 is 0 Å². The van der Waals surface area contributed by atoms with Crippen molar-refractivity contribution in [2.75, 3.05) is 54.8 Å². The van der Waals surface area contributed by atoms with Crippen LogP contribution < -0.4 is 15.5 Å². The van der Waals surface area contributed by atoms with Crippen LogP contribution in [-0.2, 0) is 4.79 Å². The molecule has 8 nitrogen and oxygen atoms in total. The minimum absolute atomic E-state index is 0.103. The molecule has 194 valence electrons. The molecule has 0 spiro atoms. The van der Waals surface area contributed by atoms with E-state index in [9.17, 15) is 18.8 Å². The fourth-order valence-corrected chi connectivity index (χ4v) is 4.15. The van der Waals surface area contributed by atoms with Gasteiger partial charge in [0.05, 0.1) is 11.3 Å². The molecule has 0 aliphatic carbocycles. The van der Waals surface area contributed by atoms with Crippen LogP contribution in [0.5, 0.6) is 0 Å². The van der Waals surface area contributed by atoms with Gasteiger partial charge in [-0.2, -0.15) is 0 Å². The van der Waals surface area contributed by atoms with Crippen LogP contribution in [0.4, 0.5) is 26.2 Å². The molecule has 2 aromatic rings. The number of benzene rings is 2. The maximum Gasteiger partial charge on any atom is 0.321 e. The Hall–Kier alpha value is -3.62. The lowest BCUT2D eigenvalue weighted by Gasteiger charge is -2.28. The molecule has 0 atom stereocenters. The van der Waals surface area contributed by atoms with Crippen molar-refractivity contribution in [1.29, 1.82) is 0 Å². The fourth-order valence-electron chi connectivity index (χ4n) is 4.15. The van der Waals surface area contributed by atoms with Crippen molar-refractivity contribution >= 4 is 34.9 Å². The molecule has 4 amide bonds. The van der Waals surface area contributed by atoms with E-state index in [-0.39, 0.29) is 29.5 Å². The summed E-state index contributed by atoms with van der Waals surface area (Å²) in [5.74, 6) is -0.880. The normalized spacial score (nSPS) is 13.8. The van der Waals surface area contributed by atoms with Gasteiger partial charge in [-0.05, 0) is 50.6 Å². The van der Waals surface area contributed by atoms with Gasteiger partial charge in [0.2, 0.25) is 5.91 Å². The highest BCUT2D eigenvalue weighted by atomic mass is 19.1. The van der Waals surface area contributed by atoms with E-state index >= 15 is 0 Å². The SMILES string of the molecule is CCN(CC)C(=O)c1cc(NC(=O)C(C)C)ccc1N1CCCN(C(=O)Nc2ccccc2F)CC1. The number of halogens is 1. The van der Waals surface area contributed by atoms with Crippen molar-refractivity contribution in [3.05, 3.63) is 53.8 Å². The Labute approximate surface area is 212 Å². The van der Waals surface area contributed by atoms with Crippen LogP contribution in [-0.4, -0.2) is 66.9 Å². The highest BCUT2D eigenvalue weighted by Gasteiger charge is 2.25. The molecule has 1 fully saturated rings. The number of urea groups is 1. The van der Waals surface area contributed by atoms with Crippen LogP contribution in [0.15, 0.2) is 42.5 Å². The molecule has 1 aliphatic heterocycles. The maximum absolute atomic E-state index is 14.0. The molecule has 0 radical (unpaired) electrons. The highest BCUT2D eigenvalue weighted by Crippen LogP contribution is 2.28. The first-order valence-corrected chi connectivity index (χ1v) is 12.5. The summed E-state index contributed by atoms with van der Waals surface area (Å²) in [6, 6.07) is 11.1. The first-order chi connectivity index (χ1) is 17.2. The predicted molar refractivity (Wildman–Crippen MR) is 141 cm³/mol. The molecule has 0 unspecified atom stereocenters. The van der Waals surface area contributed by atoms with Crippen molar-refractivity contribution < 1.29 is 18.8 Å². The molecule has 0 bridgehead atoms. The summed E-state index contributed by atoms with van der Waals surface area (Å²) in [6.45, 7) is 10.7. The summed E-state index contributed by atoms with van der Waals surface area (Å²) in [7, 11) is 0. The molecule has 2 aromatic carbocycles. The Morgan fingerprint density at radius 3 is 2.36 bits per heavy atom. The van der Waals surface area contributed by atoms with E-state index < -0.39 is 5.82 Å². The van der Waals surface area contributed by atoms with Gasteiger partial charge >= 0.3 is 6.03 Å². The van der Waals surface area contributed by atoms with Gasteiger partial charge in [0.15, 0.2) is 0 Å². The Bertz CT molecular complexity index is 1090. The molecule has 2 N–H and O–H groups in total. The van der Waals surface area contributed by atoms with Crippen LogP contribution in [0.25, 0.3) is 0 Å². The highest BCUT2D eigenvalue weighted by molar-refractivity contribution is 6.02. The first-order valence-electron chi connectivity index (χ1n) is 12.5. The zero-order valence-electron chi connectivity index (χ0n) is 21.5. The Balaban J connectivity index is 1.81. The van der Waals surface area contributed by atoms with Gasteiger partial charge in [0.25, 0.3) is 5.91 Å². The van der Waals surface area contributed by atoms with Crippen molar-refractivity contribution in [2.24, 2.45) is 5.92 Å². The van der Waals surface area contributed by atoms with Gasteiger partial charge in [-0.1, -0.05) is 26.0 Å². The lowest BCUT2D eigenvalue weighted by Crippen LogP contribution is -2.38. The van der Waals surface area contributed by atoms with E-state index in [4.69, 9.17) is 0 Å². The summed E-state index contributed by atoms with van der Waals surface area (Å²) >= 11 is 0. The number of anilines is 3. The van der Waals surface area contributed by atoms with E-state index in [1.54, 1.807) is 28.0 Å². The zero-order valence-corrected chi connectivity index (χ0v) is 21.5. The van der Waals surface area contributed by atoms with Gasteiger partial charge in [0, 0.05) is 56.6 Å². The van der Waals surface area contributed by atoms with Crippen LogP contribution in [0.1, 0.15) is 44.5 Å². The molecule has 0 aromatic heterocycles. The number of nitrogens with one attached hydrogen (secondary N) is 2. The smallest absolute Gasteiger partial charge is 0.321 e. The maximum atomic E-state index is 14.0. The van der Waals surface area contributed by atoms with Crippen molar-refractivity contribution in [1.82, 2.24) is 9.80 Å². The Morgan fingerprint density at radius 1 is 0.972 bits per heavy atom. The molecule has 1 aliphatic rings. The van der Waals surface area contributed by atoms with Gasteiger partial charge < -0.3 is 25.3 Å². The van der Waals surface area contributed by atoms with E-state index in [1.807, 2.05) is 39.8 Å². The largest absolute Gasteiger partial charge is 0.369 e. The number of rotatable bonds is 7. The van der Waals surface area contributed by atoms with Gasteiger partial charge in [-0.15, -0.1) is 0 Å². The standard InChI is InChI=1S/C27H36FN5O3/c1-5-31(6-2)26(35)21-18-20(29-25(34)19(3)4)12-13-24(21)32-14-9-15-33(17-16-32)27(36)30-23-11-8-7-10-22(23)28/h7-8,10-13,18-19H,5-6,9,14-17H2,1-4H3,(H,29,34)(H,30,36). The summed E-state index contributed by atoms with van der Waals surface area (Å²) in [6.07, 6.45) is 0.690. The van der Waals surface area contributed by atoms with Crippen molar-refractivity contribution in [3.63, 3.8) is 0 Å². The molecular weight excluding hydrogens is 461 g/mol. The number of para-hydroxylation sites is 1. The molecular formula is C27H36FN5O3. The molecule has 9 heteroatoms. The topological polar surface area (TPSA) is 85.0 Å². The summed E-state index contributed by atoms with van der Waals surface area (Å²) in [4.78, 5) is 44.0. The summed E-state index contributed by atoms with van der Waals surface area (Å²) in [5.41, 5.74) is 2.01. The number of carbonyl (C=O) groups excluding carboxylic acids is 3. The first kappa shape index (κ1) is 27.0. The van der Waals surface area contributed by atoms with Gasteiger partial charge in [-0.3, -0.25) is 9.59 Å². The second kappa shape index (κ2) is 12.4. The van der Waals surface area contributed by atoms with E-state index in [0.29, 0.717) is 56.9 Å². The third-order valence-corrected chi connectivity index (χ3v) is 6.31. The van der Waals surface area contributed by atoms with Crippen LogP contribution in [0.3, 0.4) is 0 Å². The fraction of sp³-hybridized carbons (Fsp3) is 0.444. The molecule has 1 saturated heterocycles. The number of amides is 4. The van der Waals surface area contributed by atoms with E-state index in [0.717, 1.165) is 5.69 Å². The minimum Gasteiger partial charge on any atom is -0.369 e. The minimum atomic E-state index is -0.480. The van der Waals surface area contributed by atoms with Crippen LogP contribution in [0, 0.1) is 11.7 Å². The predicted octanol–water partition coefficient (Wildman–Crippen LogP) is 4.65. The Morgan fingerprint density at radius 2 is 1.69 bits per heavy atom. The number of hydrogen-bond donors (Lipinski definition) is 2. The monoisotopic (exact) mass is 497 g/mol. The average molecular weight is 498 g/mol. The van der Waals surface area contributed by atoms with E-state index in [2.05, 4.69) is 15.5 Å². The molecule has 36 heavy (non-hydrogen) atoms. The molecule has 3 rings (SSSR count). The number of nitrogens with zero attached hydrogens (tertiary/aromatic N) is 3. The van der Waals surface area contributed by atoms with Crippen molar-refractivity contribution in [3.8, 4) is 0 Å². The zero-order chi connectivity index (χ0) is 26.2. The van der Waals surface area contributed by atoms with Crippen LogP contribution in [0.2, 0.25) is 0 Å². The molecule has 0 saturated carbocycles.